The summed E-state index contributed by atoms with van der Waals surface area (Å²) in [6.45, 7) is 6.76. The molecule has 1 aliphatic rings. The number of piperidine rings is 1. The van der Waals surface area contributed by atoms with Crippen molar-refractivity contribution in [3.63, 3.8) is 0 Å². The first-order valence-electron chi connectivity index (χ1n) is 9.19. The summed E-state index contributed by atoms with van der Waals surface area (Å²) in [5.74, 6) is 0.514. The molecule has 7 nitrogen and oxygen atoms in total. The van der Waals surface area contributed by atoms with Crippen LogP contribution in [0.3, 0.4) is 0 Å². The summed E-state index contributed by atoms with van der Waals surface area (Å²) in [4.78, 5) is 12.7. The van der Waals surface area contributed by atoms with Crippen LogP contribution in [0.2, 0.25) is 0 Å². The van der Waals surface area contributed by atoms with Crippen molar-refractivity contribution in [2.45, 2.75) is 44.9 Å². The number of amides is 1. The van der Waals surface area contributed by atoms with Gasteiger partial charge in [0.1, 0.15) is 11.3 Å². The van der Waals surface area contributed by atoms with Crippen LogP contribution in [-0.4, -0.2) is 36.9 Å². The molecule has 0 aliphatic carbocycles. The Bertz CT molecular complexity index is 919. The second kappa shape index (κ2) is 7.82. The molecule has 27 heavy (non-hydrogen) atoms. The SMILES string of the molecule is CCc1noc(C)c1C(=O)Nc1ccc(S(=O)(=O)N2CCC[C@H](C)C2)cc1. The van der Waals surface area contributed by atoms with E-state index < -0.39 is 10.0 Å². The van der Waals surface area contributed by atoms with Gasteiger partial charge in [-0.25, -0.2) is 8.42 Å². The maximum absolute atomic E-state index is 12.8. The van der Waals surface area contributed by atoms with Gasteiger partial charge in [0, 0.05) is 18.8 Å². The van der Waals surface area contributed by atoms with E-state index in [0.717, 1.165) is 12.8 Å². The van der Waals surface area contributed by atoms with Gasteiger partial charge in [0.25, 0.3) is 5.91 Å². The first-order valence-corrected chi connectivity index (χ1v) is 10.6. The summed E-state index contributed by atoms with van der Waals surface area (Å²) in [5, 5.41) is 6.66. The third-order valence-corrected chi connectivity index (χ3v) is 6.74. The molecular weight excluding hydrogens is 366 g/mol. The van der Waals surface area contributed by atoms with Gasteiger partial charge in [-0.15, -0.1) is 0 Å². The molecule has 0 radical (unpaired) electrons. The van der Waals surface area contributed by atoms with Crippen LogP contribution in [0.15, 0.2) is 33.7 Å². The Balaban J connectivity index is 1.75. The highest BCUT2D eigenvalue weighted by molar-refractivity contribution is 7.89. The Labute approximate surface area is 159 Å². The van der Waals surface area contributed by atoms with Gasteiger partial charge in [-0.3, -0.25) is 4.79 Å². The molecule has 1 atom stereocenters. The molecule has 2 heterocycles. The first kappa shape index (κ1) is 19.6. The molecule has 0 saturated carbocycles. The number of rotatable bonds is 5. The Kier molecular flexibility index (Phi) is 5.67. The van der Waals surface area contributed by atoms with Gasteiger partial charge in [-0.1, -0.05) is 19.0 Å². The van der Waals surface area contributed by atoms with Gasteiger partial charge in [0.2, 0.25) is 10.0 Å². The van der Waals surface area contributed by atoms with E-state index in [-0.39, 0.29) is 10.8 Å². The Morgan fingerprint density at radius 2 is 2.04 bits per heavy atom. The van der Waals surface area contributed by atoms with Crippen LogP contribution in [0.5, 0.6) is 0 Å². The minimum Gasteiger partial charge on any atom is -0.361 e. The molecule has 1 aliphatic heterocycles. The minimum absolute atomic E-state index is 0.241. The molecule has 1 aromatic heterocycles. The molecular formula is C19H25N3O4S. The van der Waals surface area contributed by atoms with Crippen LogP contribution in [0, 0.1) is 12.8 Å². The highest BCUT2D eigenvalue weighted by atomic mass is 32.2. The van der Waals surface area contributed by atoms with E-state index in [0.29, 0.717) is 48.1 Å². The Morgan fingerprint density at radius 3 is 2.67 bits per heavy atom. The average Bonchev–Trinajstić information content (AvgIpc) is 3.03. The Hall–Kier alpha value is -2.19. The molecule has 1 fully saturated rings. The van der Waals surface area contributed by atoms with Crippen LogP contribution in [0.4, 0.5) is 5.69 Å². The number of carbonyl (C=O) groups is 1. The summed E-state index contributed by atoms with van der Waals surface area (Å²) in [5.41, 5.74) is 1.55. The summed E-state index contributed by atoms with van der Waals surface area (Å²) in [7, 11) is -3.51. The molecule has 0 spiro atoms. The quantitative estimate of drug-likeness (QED) is 0.845. The number of aryl methyl sites for hydroxylation is 2. The first-order chi connectivity index (χ1) is 12.8. The number of nitrogens with zero attached hydrogens (tertiary/aromatic N) is 2. The van der Waals surface area contributed by atoms with Gasteiger partial charge in [-0.2, -0.15) is 4.31 Å². The zero-order chi connectivity index (χ0) is 19.6. The molecule has 8 heteroatoms. The smallest absolute Gasteiger partial charge is 0.261 e. The standard InChI is InChI=1S/C19H25N3O4S/c1-4-17-18(14(3)26-21-17)19(23)20-15-7-9-16(10-8-15)27(24,25)22-11-5-6-13(2)12-22/h7-10,13H,4-6,11-12H2,1-3H3,(H,20,23)/t13-/m0/s1. The van der Waals surface area contributed by atoms with Crippen molar-refractivity contribution in [3.8, 4) is 0 Å². The maximum Gasteiger partial charge on any atom is 0.261 e. The van der Waals surface area contributed by atoms with Crippen molar-refractivity contribution >= 4 is 21.6 Å². The van der Waals surface area contributed by atoms with E-state index in [1.165, 1.54) is 12.1 Å². The van der Waals surface area contributed by atoms with Crippen molar-refractivity contribution in [1.82, 2.24) is 9.46 Å². The molecule has 2 aromatic rings. The predicted octanol–water partition coefficient (Wildman–Crippen LogP) is 3.22. The largest absolute Gasteiger partial charge is 0.361 e. The van der Waals surface area contributed by atoms with Crippen molar-refractivity contribution < 1.29 is 17.7 Å². The second-order valence-electron chi connectivity index (χ2n) is 7.00. The van der Waals surface area contributed by atoms with Crippen molar-refractivity contribution in [1.29, 1.82) is 0 Å². The monoisotopic (exact) mass is 391 g/mol. The van der Waals surface area contributed by atoms with Crippen LogP contribution < -0.4 is 5.32 Å². The maximum atomic E-state index is 12.8. The lowest BCUT2D eigenvalue weighted by atomic mass is 10.0. The molecule has 1 saturated heterocycles. The van der Waals surface area contributed by atoms with Crippen molar-refractivity contribution in [3.05, 3.63) is 41.3 Å². The molecule has 1 aromatic carbocycles. The lowest BCUT2D eigenvalue weighted by Crippen LogP contribution is -2.39. The fourth-order valence-electron chi connectivity index (χ4n) is 3.37. The van der Waals surface area contributed by atoms with E-state index in [1.807, 2.05) is 6.92 Å². The topological polar surface area (TPSA) is 92.5 Å². The summed E-state index contributed by atoms with van der Waals surface area (Å²) in [6.07, 6.45) is 2.52. The van der Waals surface area contributed by atoms with Crippen LogP contribution in [0.1, 0.15) is 48.5 Å². The van der Waals surface area contributed by atoms with E-state index >= 15 is 0 Å². The zero-order valence-electron chi connectivity index (χ0n) is 15.9. The normalized spacial score (nSPS) is 18.4. The summed E-state index contributed by atoms with van der Waals surface area (Å²) in [6, 6.07) is 6.27. The van der Waals surface area contributed by atoms with Gasteiger partial charge in [0.05, 0.1) is 10.6 Å². The second-order valence-corrected chi connectivity index (χ2v) is 8.94. The van der Waals surface area contributed by atoms with Crippen molar-refractivity contribution in [2.75, 3.05) is 18.4 Å². The number of benzene rings is 1. The number of carbonyl (C=O) groups excluding carboxylic acids is 1. The third kappa shape index (κ3) is 4.06. The number of nitrogens with one attached hydrogen (secondary N) is 1. The van der Waals surface area contributed by atoms with E-state index in [9.17, 15) is 13.2 Å². The number of anilines is 1. The van der Waals surface area contributed by atoms with Crippen LogP contribution in [0.25, 0.3) is 0 Å². The minimum atomic E-state index is -3.51. The van der Waals surface area contributed by atoms with E-state index in [1.54, 1.807) is 23.4 Å². The molecule has 146 valence electrons. The van der Waals surface area contributed by atoms with E-state index in [4.69, 9.17) is 4.52 Å². The molecule has 1 N–H and O–H groups in total. The molecule has 0 unspecified atom stereocenters. The number of hydrogen-bond donors (Lipinski definition) is 1. The zero-order valence-corrected chi connectivity index (χ0v) is 16.7. The van der Waals surface area contributed by atoms with Crippen molar-refractivity contribution in [2.24, 2.45) is 5.92 Å². The highest BCUT2D eigenvalue weighted by Gasteiger charge is 2.28. The number of aromatic nitrogens is 1. The van der Waals surface area contributed by atoms with Crippen LogP contribution in [-0.2, 0) is 16.4 Å². The van der Waals surface area contributed by atoms with Gasteiger partial charge in [-0.05, 0) is 56.4 Å². The summed E-state index contributed by atoms with van der Waals surface area (Å²) < 4.78 is 32.2. The number of hydrogen-bond acceptors (Lipinski definition) is 5. The number of sulfonamides is 1. The lowest BCUT2D eigenvalue weighted by Gasteiger charge is -2.30. The summed E-state index contributed by atoms with van der Waals surface area (Å²) >= 11 is 0. The molecule has 3 rings (SSSR count). The third-order valence-electron chi connectivity index (χ3n) is 4.87. The molecule has 0 bridgehead atoms. The van der Waals surface area contributed by atoms with E-state index in [2.05, 4.69) is 17.4 Å². The molecule has 1 amide bonds. The lowest BCUT2D eigenvalue weighted by molar-refractivity contribution is 0.102. The fraction of sp³-hybridized carbons (Fsp3) is 0.474. The van der Waals surface area contributed by atoms with Gasteiger partial charge in [0.15, 0.2) is 0 Å². The predicted molar refractivity (Wildman–Crippen MR) is 102 cm³/mol. The fourth-order valence-corrected chi connectivity index (χ4v) is 4.97. The Morgan fingerprint density at radius 1 is 1.33 bits per heavy atom. The van der Waals surface area contributed by atoms with Crippen LogP contribution >= 0.6 is 0 Å². The highest BCUT2D eigenvalue weighted by Crippen LogP contribution is 2.25. The van der Waals surface area contributed by atoms with Gasteiger partial charge < -0.3 is 9.84 Å². The van der Waals surface area contributed by atoms with Gasteiger partial charge >= 0.3 is 0 Å². The average molecular weight is 391 g/mol.